The van der Waals surface area contributed by atoms with Crippen molar-refractivity contribution in [3.05, 3.63) is 24.3 Å². The summed E-state index contributed by atoms with van der Waals surface area (Å²) < 4.78 is 435. The summed E-state index contributed by atoms with van der Waals surface area (Å²) in [5.41, 5.74) is -3.66. The van der Waals surface area contributed by atoms with Crippen molar-refractivity contribution in [3.63, 3.8) is 0 Å². The lowest BCUT2D eigenvalue weighted by Crippen LogP contribution is -2.75. The van der Waals surface area contributed by atoms with E-state index in [0.717, 1.165) is 0 Å². The van der Waals surface area contributed by atoms with E-state index >= 15 is 0 Å². The lowest BCUT2D eigenvalue weighted by molar-refractivity contribution is -0.445. The summed E-state index contributed by atoms with van der Waals surface area (Å²) in [5, 5.41) is -13.8. The van der Waals surface area contributed by atoms with Crippen LogP contribution in [0.5, 0.6) is 0 Å². The number of carbonyl (C=O) groups excluding carboxylic acids is 2. The molecular formula is C24H6Cl2F32N2O2. The smallest absolute Gasteiger partial charge is 0.321 e. The van der Waals surface area contributed by atoms with Crippen molar-refractivity contribution in [2.45, 2.75) is 93.7 Å². The first-order chi connectivity index (χ1) is 26.5. The summed E-state index contributed by atoms with van der Waals surface area (Å²) in [7, 11) is 0. The van der Waals surface area contributed by atoms with Crippen molar-refractivity contribution in [1.82, 2.24) is 0 Å². The van der Waals surface area contributed by atoms with Crippen LogP contribution < -0.4 is 10.6 Å². The Morgan fingerprint density at radius 2 is 0.435 bits per heavy atom. The van der Waals surface area contributed by atoms with Crippen LogP contribution in [0, 0.1) is 0 Å². The minimum absolute atomic E-state index is 0.219. The first kappa shape index (κ1) is 56.5. The zero-order valence-electron chi connectivity index (χ0n) is 27.0. The van der Waals surface area contributed by atoms with E-state index < -0.39 is 141 Å². The number of hydrogen-bond donors (Lipinski definition) is 2. The van der Waals surface area contributed by atoms with Gasteiger partial charge in [-0.05, 0) is 47.5 Å². The maximum atomic E-state index is 14.2. The third-order valence-electron chi connectivity index (χ3n) is 7.42. The van der Waals surface area contributed by atoms with Gasteiger partial charge >= 0.3 is 105 Å². The molecule has 362 valence electrons. The van der Waals surface area contributed by atoms with E-state index in [2.05, 4.69) is 23.2 Å². The van der Waals surface area contributed by atoms with Gasteiger partial charge in [-0.15, -0.1) is 0 Å². The minimum Gasteiger partial charge on any atom is -0.321 e. The Hall–Kier alpha value is -3.50. The second kappa shape index (κ2) is 15.0. The van der Waals surface area contributed by atoms with Gasteiger partial charge in [-0.1, -0.05) is 0 Å². The van der Waals surface area contributed by atoms with Crippen LogP contribution in [-0.4, -0.2) is 105 Å². The van der Waals surface area contributed by atoms with Crippen LogP contribution in [0.1, 0.15) is 0 Å². The standard InChI is InChI=1S/C24H6Cl2F32N2O2/c25-23(55,56)21(51,52)19(47,48)17(43,44)15(39,40)13(35,36)11(31,32)9(27,28)7(61)59-5-1-2-6(4-3-5)60-8(62)10(29,30)12(33,34)14(37,38)16(41,42)18(45,46)20(49,50)22(53,54)24(26,57)58/h1-4H,(H,59,61)(H,60,62). The van der Waals surface area contributed by atoms with Crippen LogP contribution >= 0.6 is 23.2 Å². The van der Waals surface area contributed by atoms with Gasteiger partial charge in [-0.3, -0.25) is 9.59 Å². The van der Waals surface area contributed by atoms with Crippen LogP contribution in [0.4, 0.5) is 152 Å². The van der Waals surface area contributed by atoms with Gasteiger partial charge in [0.05, 0.1) is 0 Å². The molecule has 62 heavy (non-hydrogen) atoms. The predicted octanol–water partition coefficient (Wildman–Crippen LogP) is 12.1. The van der Waals surface area contributed by atoms with Crippen molar-refractivity contribution >= 4 is 46.4 Å². The predicted molar refractivity (Wildman–Crippen MR) is 135 cm³/mol. The number of alkyl halides is 34. The van der Waals surface area contributed by atoms with Crippen LogP contribution in [0.15, 0.2) is 24.3 Å². The Bertz CT molecular complexity index is 1700. The zero-order valence-corrected chi connectivity index (χ0v) is 28.5. The summed E-state index contributed by atoms with van der Waals surface area (Å²) in [5.74, 6) is -128. The second-order valence-electron chi connectivity index (χ2n) is 11.5. The van der Waals surface area contributed by atoms with Crippen molar-refractivity contribution in [2.24, 2.45) is 0 Å². The summed E-state index contributed by atoms with van der Waals surface area (Å²) in [6.45, 7) is 0. The van der Waals surface area contributed by atoms with E-state index in [9.17, 15) is 150 Å². The molecule has 0 saturated carbocycles. The SMILES string of the molecule is O=C(Nc1ccc(NC(=O)C(F)(F)C(F)(F)C(F)(F)C(F)(F)C(F)(F)C(F)(F)C(F)(F)C(F)(F)Cl)cc1)C(F)(F)C(F)(F)C(F)(F)C(F)(F)C(F)(F)C(F)(F)C(F)(F)C(F)(F)Cl. The van der Waals surface area contributed by atoms with Gasteiger partial charge in [0.15, 0.2) is 0 Å². The molecule has 0 unspecified atom stereocenters. The molecule has 0 aliphatic carbocycles. The molecule has 0 aliphatic rings. The molecule has 0 atom stereocenters. The number of benzene rings is 1. The minimum atomic E-state index is -9.04. The van der Waals surface area contributed by atoms with Crippen LogP contribution in [0.25, 0.3) is 0 Å². The van der Waals surface area contributed by atoms with Gasteiger partial charge in [-0.25, -0.2) is 0 Å². The molecule has 0 aliphatic heterocycles. The number of amides is 2. The summed E-state index contributed by atoms with van der Waals surface area (Å²) in [6.07, 6.45) is 0. The Morgan fingerprint density at radius 3 is 0.597 bits per heavy atom. The number of hydrogen-bond acceptors (Lipinski definition) is 2. The number of nitrogens with one attached hydrogen (secondary N) is 2. The summed E-state index contributed by atoms with van der Waals surface area (Å²) in [6, 6.07) is -1.64. The first-order valence-corrected chi connectivity index (χ1v) is 14.4. The maximum Gasteiger partial charge on any atom is 0.393 e. The highest BCUT2D eigenvalue weighted by atomic mass is 35.5. The number of halogens is 34. The van der Waals surface area contributed by atoms with Gasteiger partial charge in [0.25, 0.3) is 0 Å². The van der Waals surface area contributed by atoms with Crippen LogP contribution in [0.3, 0.4) is 0 Å². The largest absolute Gasteiger partial charge is 0.393 e. The topological polar surface area (TPSA) is 58.2 Å². The quantitative estimate of drug-likeness (QED) is 0.114. The molecule has 1 aromatic carbocycles. The molecule has 1 rings (SSSR count). The molecule has 4 nitrogen and oxygen atoms in total. The van der Waals surface area contributed by atoms with Crippen LogP contribution in [0.2, 0.25) is 0 Å². The molecule has 0 aromatic heterocycles. The number of anilines is 2. The van der Waals surface area contributed by atoms with E-state index in [4.69, 9.17) is 0 Å². The summed E-state index contributed by atoms with van der Waals surface area (Å²) >= 11 is 6.68. The molecule has 1 aromatic rings. The van der Waals surface area contributed by atoms with E-state index in [1.807, 2.05) is 0 Å². The molecule has 0 radical (unpaired) electrons. The molecule has 38 heteroatoms. The van der Waals surface area contributed by atoms with Gasteiger partial charge in [-0.2, -0.15) is 140 Å². The first-order valence-electron chi connectivity index (χ1n) is 13.7. The number of carbonyl (C=O) groups is 2. The Balaban J connectivity index is 3.52. The third kappa shape index (κ3) is 7.48. The monoisotopic (exact) mass is 1030 g/mol. The summed E-state index contributed by atoms with van der Waals surface area (Å²) in [4.78, 5) is 23.3. The Morgan fingerprint density at radius 1 is 0.290 bits per heavy atom. The van der Waals surface area contributed by atoms with Crippen molar-refractivity contribution in [2.75, 3.05) is 10.6 Å². The highest BCUT2D eigenvalue weighted by Crippen LogP contribution is 2.66. The van der Waals surface area contributed by atoms with Gasteiger partial charge in [0.2, 0.25) is 0 Å². The molecular weight excluding hydrogens is 1030 g/mol. The van der Waals surface area contributed by atoms with E-state index in [1.54, 1.807) is 0 Å². The molecule has 0 saturated heterocycles. The Kier molecular flexibility index (Phi) is 13.7. The molecule has 0 fully saturated rings. The fourth-order valence-corrected chi connectivity index (χ4v) is 3.91. The molecule has 2 N–H and O–H groups in total. The second-order valence-corrected chi connectivity index (χ2v) is 12.5. The fourth-order valence-electron chi connectivity index (χ4n) is 3.67. The average molecular weight is 1030 g/mol. The molecule has 0 spiro atoms. The van der Waals surface area contributed by atoms with Gasteiger partial charge in [0, 0.05) is 11.4 Å². The Labute approximate surface area is 325 Å². The van der Waals surface area contributed by atoms with Crippen LogP contribution in [-0.2, 0) is 9.59 Å². The normalized spacial score (nSPS) is 16.0. The molecule has 0 bridgehead atoms. The molecule has 2 amide bonds. The lowest BCUT2D eigenvalue weighted by atomic mass is 9.89. The third-order valence-corrected chi connectivity index (χ3v) is 7.89. The maximum absolute atomic E-state index is 14.2. The highest BCUT2D eigenvalue weighted by molar-refractivity contribution is 6.22. The molecule has 0 heterocycles. The number of rotatable bonds is 18. The van der Waals surface area contributed by atoms with Crippen molar-refractivity contribution < 1.29 is 150 Å². The highest BCUT2D eigenvalue weighted by Gasteiger charge is 2.97. The lowest BCUT2D eigenvalue weighted by Gasteiger charge is -2.42. The van der Waals surface area contributed by atoms with Crippen molar-refractivity contribution in [1.29, 1.82) is 0 Å². The van der Waals surface area contributed by atoms with Gasteiger partial charge < -0.3 is 10.6 Å². The van der Waals surface area contributed by atoms with E-state index in [-0.39, 0.29) is 10.6 Å². The van der Waals surface area contributed by atoms with Crippen molar-refractivity contribution in [3.8, 4) is 0 Å². The van der Waals surface area contributed by atoms with E-state index in [1.165, 1.54) is 0 Å². The van der Waals surface area contributed by atoms with E-state index in [0.29, 0.717) is 0 Å². The zero-order chi connectivity index (χ0) is 50.6. The van der Waals surface area contributed by atoms with Gasteiger partial charge in [0.1, 0.15) is 0 Å². The fraction of sp³-hybridized carbons (Fsp3) is 0.667. The average Bonchev–Trinajstić information content (AvgIpc) is 3.06.